The van der Waals surface area contributed by atoms with Crippen molar-refractivity contribution >= 4 is 0 Å². The van der Waals surface area contributed by atoms with Crippen molar-refractivity contribution in [2.75, 3.05) is 66.1 Å². The number of hydrogen-bond acceptors (Lipinski definition) is 4. The van der Waals surface area contributed by atoms with Crippen LogP contribution in [-0.4, -0.2) is 75.9 Å². The third-order valence-electron chi connectivity index (χ3n) is 3.26. The first-order valence-corrected chi connectivity index (χ1v) is 7.02. The van der Waals surface area contributed by atoms with Crippen molar-refractivity contribution in [2.45, 2.75) is 19.8 Å². The molecule has 1 saturated heterocycles. The van der Waals surface area contributed by atoms with Crippen LogP contribution in [0.15, 0.2) is 0 Å². The van der Waals surface area contributed by atoms with Gasteiger partial charge >= 0.3 is 0 Å². The zero-order chi connectivity index (χ0) is 12.3. The van der Waals surface area contributed by atoms with Gasteiger partial charge in [-0.3, -0.25) is 0 Å². The summed E-state index contributed by atoms with van der Waals surface area (Å²) in [5, 5.41) is 3.49. The van der Waals surface area contributed by atoms with Gasteiger partial charge in [-0.1, -0.05) is 0 Å². The van der Waals surface area contributed by atoms with Gasteiger partial charge in [0.05, 0.1) is 0 Å². The Morgan fingerprint density at radius 1 is 1.12 bits per heavy atom. The molecule has 0 spiro atoms. The third kappa shape index (κ3) is 7.71. The van der Waals surface area contributed by atoms with E-state index in [1.165, 1.54) is 39.1 Å². The van der Waals surface area contributed by atoms with E-state index >= 15 is 0 Å². The van der Waals surface area contributed by atoms with Crippen molar-refractivity contribution in [1.29, 1.82) is 0 Å². The van der Waals surface area contributed by atoms with Crippen molar-refractivity contribution in [3.8, 4) is 0 Å². The molecule has 17 heavy (non-hydrogen) atoms. The zero-order valence-corrected chi connectivity index (χ0v) is 11.6. The van der Waals surface area contributed by atoms with Gasteiger partial charge in [0.15, 0.2) is 0 Å². The van der Waals surface area contributed by atoms with E-state index in [9.17, 15) is 0 Å². The average molecular weight is 243 g/mol. The maximum absolute atomic E-state index is 5.30. The maximum atomic E-state index is 5.30. The Bertz CT molecular complexity index is 178. The molecule has 0 aliphatic carbocycles. The second-order valence-electron chi connectivity index (χ2n) is 4.80. The lowest BCUT2D eigenvalue weighted by Crippen LogP contribution is -2.35. The maximum Gasteiger partial charge on any atom is 0.0477 e. The smallest absolute Gasteiger partial charge is 0.0477 e. The topological polar surface area (TPSA) is 27.7 Å². The highest BCUT2D eigenvalue weighted by Crippen LogP contribution is 1.99. The summed E-state index contributed by atoms with van der Waals surface area (Å²) in [6.07, 6.45) is 2.43. The van der Waals surface area contributed by atoms with Gasteiger partial charge in [-0.15, -0.1) is 0 Å². The highest BCUT2D eigenvalue weighted by Gasteiger charge is 2.10. The van der Waals surface area contributed by atoms with Crippen LogP contribution in [0.2, 0.25) is 0 Å². The van der Waals surface area contributed by atoms with E-state index in [-0.39, 0.29) is 0 Å². The Labute approximate surface area is 106 Å². The van der Waals surface area contributed by atoms with Crippen molar-refractivity contribution in [3.05, 3.63) is 0 Å². The number of ether oxygens (including phenoxy) is 1. The lowest BCUT2D eigenvalue weighted by Gasteiger charge is -2.20. The van der Waals surface area contributed by atoms with Crippen LogP contribution in [0.4, 0.5) is 0 Å². The molecule has 0 aromatic rings. The highest BCUT2D eigenvalue weighted by molar-refractivity contribution is 4.67. The Balaban J connectivity index is 1.91. The standard InChI is InChI=1S/C13H29N3O/c1-3-17-13-4-6-14-7-10-16-9-5-8-15(2)11-12-16/h14H,3-13H2,1-2H3. The zero-order valence-electron chi connectivity index (χ0n) is 11.6. The fraction of sp³-hybridized carbons (Fsp3) is 1.00. The first-order chi connectivity index (χ1) is 8.33. The summed E-state index contributed by atoms with van der Waals surface area (Å²) in [6.45, 7) is 12.1. The minimum absolute atomic E-state index is 0.835. The van der Waals surface area contributed by atoms with Crippen LogP contribution in [0.1, 0.15) is 19.8 Å². The van der Waals surface area contributed by atoms with E-state index < -0.39 is 0 Å². The molecule has 0 unspecified atom stereocenters. The quantitative estimate of drug-likeness (QED) is 0.633. The van der Waals surface area contributed by atoms with Gasteiger partial charge in [0.2, 0.25) is 0 Å². The molecule has 0 aromatic heterocycles. The molecule has 1 N–H and O–H groups in total. The van der Waals surface area contributed by atoms with Crippen molar-refractivity contribution in [2.24, 2.45) is 0 Å². The summed E-state index contributed by atoms with van der Waals surface area (Å²) in [4.78, 5) is 4.99. The Morgan fingerprint density at radius 3 is 2.82 bits per heavy atom. The SMILES string of the molecule is CCOCCCNCCN1CCCN(C)CC1. The van der Waals surface area contributed by atoms with Crippen molar-refractivity contribution < 1.29 is 4.74 Å². The number of likely N-dealkylation sites (N-methyl/N-ethyl adjacent to an activating group) is 1. The molecule has 1 heterocycles. The van der Waals surface area contributed by atoms with E-state index in [2.05, 4.69) is 22.2 Å². The van der Waals surface area contributed by atoms with Crippen LogP contribution in [0.25, 0.3) is 0 Å². The monoisotopic (exact) mass is 243 g/mol. The van der Waals surface area contributed by atoms with Gasteiger partial charge in [0, 0.05) is 39.4 Å². The fourth-order valence-corrected chi connectivity index (χ4v) is 2.13. The lowest BCUT2D eigenvalue weighted by molar-refractivity contribution is 0.144. The van der Waals surface area contributed by atoms with Crippen molar-refractivity contribution in [3.63, 3.8) is 0 Å². The van der Waals surface area contributed by atoms with Gasteiger partial charge < -0.3 is 19.9 Å². The largest absolute Gasteiger partial charge is 0.382 e. The van der Waals surface area contributed by atoms with E-state index in [0.717, 1.165) is 32.7 Å². The van der Waals surface area contributed by atoms with Crippen LogP contribution in [0.5, 0.6) is 0 Å². The van der Waals surface area contributed by atoms with Crippen LogP contribution in [-0.2, 0) is 4.74 Å². The molecule has 4 heteroatoms. The van der Waals surface area contributed by atoms with Crippen molar-refractivity contribution in [1.82, 2.24) is 15.1 Å². The summed E-state index contributed by atoms with van der Waals surface area (Å²) < 4.78 is 5.30. The summed E-state index contributed by atoms with van der Waals surface area (Å²) in [6, 6.07) is 0. The molecular formula is C13H29N3O. The molecule has 4 nitrogen and oxygen atoms in total. The molecule has 0 amide bonds. The van der Waals surface area contributed by atoms with E-state index in [1.807, 2.05) is 6.92 Å². The second-order valence-corrected chi connectivity index (χ2v) is 4.80. The van der Waals surface area contributed by atoms with Crippen LogP contribution >= 0.6 is 0 Å². The third-order valence-corrected chi connectivity index (χ3v) is 3.26. The summed E-state index contributed by atoms with van der Waals surface area (Å²) in [5.74, 6) is 0. The molecule has 0 atom stereocenters. The molecule has 0 aromatic carbocycles. The second kappa shape index (κ2) is 9.83. The van der Waals surface area contributed by atoms with E-state index in [4.69, 9.17) is 4.74 Å². The molecule has 1 aliphatic rings. The van der Waals surface area contributed by atoms with Crippen LogP contribution in [0, 0.1) is 0 Å². The highest BCUT2D eigenvalue weighted by atomic mass is 16.5. The molecule has 0 bridgehead atoms. The number of rotatable bonds is 8. The van der Waals surface area contributed by atoms with Gasteiger partial charge in [-0.2, -0.15) is 0 Å². The van der Waals surface area contributed by atoms with Gasteiger partial charge in [0.25, 0.3) is 0 Å². The Morgan fingerprint density at radius 2 is 2.00 bits per heavy atom. The van der Waals surface area contributed by atoms with E-state index in [0.29, 0.717) is 0 Å². The molecule has 0 radical (unpaired) electrons. The number of nitrogens with zero attached hydrogens (tertiary/aromatic N) is 2. The van der Waals surface area contributed by atoms with Crippen LogP contribution in [0.3, 0.4) is 0 Å². The molecular weight excluding hydrogens is 214 g/mol. The minimum atomic E-state index is 0.835. The molecule has 1 fully saturated rings. The van der Waals surface area contributed by atoms with Gasteiger partial charge in [-0.05, 0) is 46.4 Å². The molecule has 102 valence electrons. The normalized spacial score (nSPS) is 19.4. The number of hydrogen-bond donors (Lipinski definition) is 1. The molecule has 1 rings (SSSR count). The first-order valence-electron chi connectivity index (χ1n) is 7.02. The summed E-state index contributed by atoms with van der Waals surface area (Å²) in [7, 11) is 2.22. The van der Waals surface area contributed by atoms with E-state index in [1.54, 1.807) is 0 Å². The average Bonchev–Trinajstić information content (AvgIpc) is 2.53. The Kier molecular flexibility index (Phi) is 8.61. The minimum Gasteiger partial charge on any atom is -0.382 e. The summed E-state index contributed by atoms with van der Waals surface area (Å²) >= 11 is 0. The van der Waals surface area contributed by atoms with Gasteiger partial charge in [0.1, 0.15) is 0 Å². The first kappa shape index (κ1) is 14.9. The lowest BCUT2D eigenvalue weighted by atomic mass is 10.4. The summed E-state index contributed by atoms with van der Waals surface area (Å²) in [5.41, 5.74) is 0. The fourth-order valence-electron chi connectivity index (χ4n) is 2.13. The Hall–Kier alpha value is -0.160. The number of nitrogens with one attached hydrogen (secondary N) is 1. The van der Waals surface area contributed by atoms with Gasteiger partial charge in [-0.25, -0.2) is 0 Å². The predicted octanol–water partition coefficient (Wildman–Crippen LogP) is 0.640. The molecule has 1 aliphatic heterocycles. The predicted molar refractivity (Wildman–Crippen MR) is 72.5 cm³/mol. The molecule has 0 saturated carbocycles. The van der Waals surface area contributed by atoms with Crippen LogP contribution < -0.4 is 5.32 Å².